The lowest BCUT2D eigenvalue weighted by Crippen LogP contribution is -1.90. The van der Waals surface area contributed by atoms with Gasteiger partial charge in [-0.2, -0.15) is 0 Å². The maximum absolute atomic E-state index is 10.2. The Hall–Kier alpha value is -2.09. The highest BCUT2D eigenvalue weighted by Gasteiger charge is 2.22. The Balaban J connectivity index is 0.000000385. The van der Waals surface area contributed by atoms with Gasteiger partial charge in [0.1, 0.15) is 0 Å². The SMILES string of the molecule is N#[N+]c1ccccc1[N+](=O)[O-].O=S(=O)([O-])O. The standard InChI is InChI=1S/C6H4N3O2.H2O4S/c7-8-5-3-1-2-4-6(5)9(10)11;1-5(2,3)4/h1-4H;(H2,1,2,3,4)/q+1;/p-1. The van der Waals surface area contributed by atoms with E-state index in [1.807, 2.05) is 0 Å². The summed E-state index contributed by atoms with van der Waals surface area (Å²) in [5.74, 6) is 0. The van der Waals surface area contributed by atoms with Gasteiger partial charge in [0.05, 0.1) is 4.92 Å². The van der Waals surface area contributed by atoms with Crippen molar-refractivity contribution in [3.8, 4) is 0 Å². The van der Waals surface area contributed by atoms with Crippen LogP contribution in [-0.4, -0.2) is 22.4 Å². The second-order valence-electron chi connectivity index (χ2n) is 2.27. The van der Waals surface area contributed by atoms with Gasteiger partial charge in [0.15, 0.2) is 4.98 Å². The van der Waals surface area contributed by atoms with E-state index in [0.717, 1.165) is 0 Å². The minimum absolute atomic E-state index is 0.0301. The van der Waals surface area contributed by atoms with Crippen LogP contribution in [0.5, 0.6) is 0 Å². The van der Waals surface area contributed by atoms with Gasteiger partial charge in [-0.3, -0.25) is 14.7 Å². The normalized spacial score (nSPS) is 9.56. The smallest absolute Gasteiger partial charge is 0.461 e. The molecule has 0 saturated heterocycles. The minimum Gasteiger partial charge on any atom is -0.726 e. The van der Waals surface area contributed by atoms with E-state index in [1.165, 1.54) is 18.2 Å². The zero-order valence-electron chi connectivity index (χ0n) is 7.55. The maximum Gasteiger partial charge on any atom is 0.461 e. The first-order valence-electron chi connectivity index (χ1n) is 3.52. The van der Waals surface area contributed by atoms with Crippen LogP contribution in [0.1, 0.15) is 0 Å². The first-order valence-corrected chi connectivity index (χ1v) is 4.89. The molecular weight excluding hydrogens is 242 g/mol. The molecule has 0 amide bonds. The summed E-state index contributed by atoms with van der Waals surface area (Å²) >= 11 is 0. The fourth-order valence-corrected chi connectivity index (χ4v) is 0.703. The summed E-state index contributed by atoms with van der Waals surface area (Å²) in [4.78, 5) is 12.4. The molecule has 9 nitrogen and oxygen atoms in total. The maximum atomic E-state index is 10.2. The first kappa shape index (κ1) is 13.9. The van der Waals surface area contributed by atoms with Crippen molar-refractivity contribution in [1.82, 2.24) is 0 Å². The molecule has 0 aliphatic carbocycles. The third kappa shape index (κ3) is 6.38. The van der Waals surface area contributed by atoms with Gasteiger partial charge >= 0.3 is 11.4 Å². The Morgan fingerprint density at radius 2 is 1.81 bits per heavy atom. The van der Waals surface area contributed by atoms with Gasteiger partial charge in [-0.1, -0.05) is 12.1 Å². The molecule has 0 aliphatic heterocycles. The second kappa shape index (κ2) is 5.71. The van der Waals surface area contributed by atoms with Crippen molar-refractivity contribution in [2.75, 3.05) is 0 Å². The fraction of sp³-hybridized carbons (Fsp3) is 0. The monoisotopic (exact) mass is 247 g/mol. The highest BCUT2D eigenvalue weighted by molar-refractivity contribution is 7.79. The predicted octanol–water partition coefficient (Wildman–Crippen LogP) is 1.08. The number of hydrogen-bond donors (Lipinski definition) is 1. The van der Waals surface area contributed by atoms with Crippen LogP contribution in [0.25, 0.3) is 4.98 Å². The summed E-state index contributed by atoms with van der Waals surface area (Å²) < 4.78 is 32.8. The summed E-state index contributed by atoms with van der Waals surface area (Å²) in [5.41, 5.74) is -0.229. The number of nitro groups is 1. The third-order valence-electron chi connectivity index (χ3n) is 1.19. The molecule has 1 rings (SSSR count). The molecule has 16 heavy (non-hydrogen) atoms. The van der Waals surface area contributed by atoms with Gasteiger partial charge in [0.2, 0.25) is 15.8 Å². The topological polar surface area (TPSA) is 149 Å². The van der Waals surface area contributed by atoms with E-state index < -0.39 is 15.3 Å². The van der Waals surface area contributed by atoms with Crippen molar-refractivity contribution < 1.29 is 22.4 Å². The number of rotatable bonds is 1. The van der Waals surface area contributed by atoms with E-state index in [0.29, 0.717) is 0 Å². The summed E-state index contributed by atoms with van der Waals surface area (Å²) in [6.07, 6.45) is 0. The summed E-state index contributed by atoms with van der Waals surface area (Å²) in [6.45, 7) is 0. The fourth-order valence-electron chi connectivity index (χ4n) is 0.703. The summed E-state index contributed by atoms with van der Waals surface area (Å²) in [7, 11) is -4.92. The largest absolute Gasteiger partial charge is 0.726 e. The molecule has 1 aromatic carbocycles. The molecule has 10 heteroatoms. The van der Waals surface area contributed by atoms with Gasteiger partial charge < -0.3 is 4.55 Å². The van der Waals surface area contributed by atoms with Crippen molar-refractivity contribution in [2.45, 2.75) is 0 Å². The Morgan fingerprint density at radius 3 is 2.12 bits per heavy atom. The Labute approximate surface area is 89.7 Å². The lowest BCUT2D eigenvalue weighted by Gasteiger charge is -1.88. The van der Waals surface area contributed by atoms with Crippen molar-refractivity contribution in [3.05, 3.63) is 39.4 Å². The third-order valence-corrected chi connectivity index (χ3v) is 1.19. The molecule has 86 valence electrons. The lowest BCUT2D eigenvalue weighted by molar-refractivity contribution is -0.383. The van der Waals surface area contributed by atoms with Gasteiger partial charge in [-0.15, -0.1) is 0 Å². The number of nitro benzene ring substituents is 1. The molecule has 1 aromatic rings. The van der Waals surface area contributed by atoms with E-state index in [2.05, 4.69) is 4.98 Å². The predicted molar refractivity (Wildman–Crippen MR) is 50.2 cm³/mol. The molecule has 0 spiro atoms. The van der Waals surface area contributed by atoms with Gasteiger partial charge in [0, 0.05) is 12.1 Å². The van der Waals surface area contributed by atoms with E-state index in [-0.39, 0.29) is 11.4 Å². The summed E-state index contributed by atoms with van der Waals surface area (Å²) in [5, 5.41) is 18.5. The molecular formula is C6H5N3O6S. The molecule has 0 aromatic heterocycles. The number of benzene rings is 1. The van der Waals surface area contributed by atoms with Gasteiger partial charge in [-0.25, -0.2) is 8.42 Å². The molecule has 0 heterocycles. The highest BCUT2D eigenvalue weighted by Crippen LogP contribution is 2.25. The van der Waals surface area contributed by atoms with Crippen LogP contribution in [0.4, 0.5) is 11.4 Å². The van der Waals surface area contributed by atoms with Crippen LogP contribution < -0.4 is 0 Å². The Bertz CT molecular complexity index is 511. The van der Waals surface area contributed by atoms with E-state index in [1.54, 1.807) is 6.07 Å². The highest BCUT2D eigenvalue weighted by atomic mass is 32.3. The minimum atomic E-state index is -4.92. The average molecular weight is 247 g/mol. The van der Waals surface area contributed by atoms with E-state index in [9.17, 15) is 10.1 Å². The molecule has 0 radical (unpaired) electrons. The molecule has 0 fully saturated rings. The molecule has 0 bridgehead atoms. The Morgan fingerprint density at radius 1 is 1.38 bits per heavy atom. The molecule has 0 atom stereocenters. The lowest BCUT2D eigenvalue weighted by atomic mass is 10.3. The van der Waals surface area contributed by atoms with Crippen molar-refractivity contribution in [2.24, 2.45) is 0 Å². The number of diazo groups is 1. The molecule has 1 N–H and O–H groups in total. The number of nitrogens with zero attached hydrogens (tertiary/aromatic N) is 3. The Kier molecular flexibility index (Phi) is 4.96. The van der Waals surface area contributed by atoms with Crippen LogP contribution >= 0.6 is 0 Å². The van der Waals surface area contributed by atoms with Crippen LogP contribution in [0, 0.1) is 15.5 Å². The zero-order valence-corrected chi connectivity index (χ0v) is 8.36. The molecule has 0 saturated carbocycles. The van der Waals surface area contributed by atoms with Crippen molar-refractivity contribution >= 4 is 21.8 Å². The van der Waals surface area contributed by atoms with Gasteiger partial charge in [-0.05, 0) is 0 Å². The van der Waals surface area contributed by atoms with Gasteiger partial charge in [0.25, 0.3) is 0 Å². The van der Waals surface area contributed by atoms with Crippen LogP contribution in [-0.2, 0) is 10.4 Å². The summed E-state index contributed by atoms with van der Waals surface area (Å²) in [6, 6.07) is 5.70. The molecule has 0 unspecified atom stereocenters. The van der Waals surface area contributed by atoms with Crippen LogP contribution in [0.3, 0.4) is 0 Å². The van der Waals surface area contributed by atoms with E-state index >= 15 is 0 Å². The zero-order chi connectivity index (χ0) is 12.8. The number of hydrogen-bond acceptors (Lipinski definition) is 6. The van der Waals surface area contributed by atoms with Crippen LogP contribution in [0.2, 0.25) is 0 Å². The second-order valence-corrected chi connectivity index (χ2v) is 3.13. The quantitative estimate of drug-likeness (QED) is 0.256. The van der Waals surface area contributed by atoms with Crippen molar-refractivity contribution in [1.29, 1.82) is 5.39 Å². The first-order chi connectivity index (χ1) is 7.25. The molecule has 0 aliphatic rings. The number of para-hydroxylation sites is 1. The average Bonchev–Trinajstić information content (AvgIpc) is 2.15. The van der Waals surface area contributed by atoms with Crippen LogP contribution in [0.15, 0.2) is 24.3 Å². The van der Waals surface area contributed by atoms with E-state index in [4.69, 9.17) is 22.9 Å². The van der Waals surface area contributed by atoms with Crippen molar-refractivity contribution in [3.63, 3.8) is 0 Å².